The van der Waals surface area contributed by atoms with Crippen LogP contribution in [-0.4, -0.2) is 41.1 Å². The molecule has 0 bridgehead atoms. The molecule has 0 saturated heterocycles. The number of nitrogens with zero attached hydrogens (tertiary/aromatic N) is 3. The van der Waals surface area contributed by atoms with Crippen LogP contribution in [-0.2, 0) is 29.3 Å². The Morgan fingerprint density at radius 2 is 2.05 bits per heavy atom. The molecular formula is C14H16N4O3S. The van der Waals surface area contributed by atoms with E-state index in [4.69, 9.17) is 0 Å². The summed E-state index contributed by atoms with van der Waals surface area (Å²) in [6, 6.07) is 3.87. The van der Waals surface area contributed by atoms with E-state index >= 15 is 0 Å². The number of aromatic nitrogens is 3. The van der Waals surface area contributed by atoms with Crippen LogP contribution in [0.5, 0.6) is 0 Å². The van der Waals surface area contributed by atoms with Crippen LogP contribution in [0.25, 0.3) is 0 Å². The fourth-order valence-electron chi connectivity index (χ4n) is 2.53. The van der Waals surface area contributed by atoms with Gasteiger partial charge in [0.2, 0.25) is 15.0 Å². The van der Waals surface area contributed by atoms with E-state index in [0.29, 0.717) is 30.8 Å². The largest absolute Gasteiger partial charge is 0.297 e. The van der Waals surface area contributed by atoms with Crippen LogP contribution in [0.2, 0.25) is 0 Å². The highest BCUT2D eigenvalue weighted by Gasteiger charge is 2.23. The lowest BCUT2D eigenvalue weighted by atomic mass is 10.1. The second-order valence-corrected chi connectivity index (χ2v) is 7.32. The molecule has 1 aliphatic rings. The summed E-state index contributed by atoms with van der Waals surface area (Å²) in [6.07, 6.45) is 5.07. The average Bonchev–Trinajstić information content (AvgIpc) is 2.47. The number of sulfone groups is 1. The van der Waals surface area contributed by atoms with Gasteiger partial charge in [0.05, 0.1) is 5.69 Å². The van der Waals surface area contributed by atoms with E-state index in [-0.39, 0.29) is 10.7 Å². The Labute approximate surface area is 128 Å². The fraction of sp³-hybridized carbons (Fsp3) is 0.357. The molecule has 8 heteroatoms. The fourth-order valence-corrected chi connectivity index (χ4v) is 3.08. The smallest absolute Gasteiger partial charge is 0.255 e. The molecule has 2 aromatic heterocycles. The molecule has 0 aliphatic carbocycles. The summed E-state index contributed by atoms with van der Waals surface area (Å²) in [5.41, 5.74) is 1.89. The van der Waals surface area contributed by atoms with Crippen LogP contribution in [0, 0.1) is 0 Å². The Hall–Kier alpha value is -2.06. The monoisotopic (exact) mass is 320 g/mol. The van der Waals surface area contributed by atoms with Crippen molar-refractivity contribution in [3.05, 3.63) is 51.7 Å². The molecule has 3 heterocycles. The molecule has 0 amide bonds. The van der Waals surface area contributed by atoms with Gasteiger partial charge in [-0.15, -0.1) is 0 Å². The maximum Gasteiger partial charge on any atom is 0.255 e. The number of aromatic amines is 1. The van der Waals surface area contributed by atoms with Gasteiger partial charge in [0.15, 0.2) is 0 Å². The molecule has 7 nitrogen and oxygen atoms in total. The van der Waals surface area contributed by atoms with Crippen molar-refractivity contribution in [2.75, 3.05) is 12.8 Å². The van der Waals surface area contributed by atoms with Crippen molar-refractivity contribution in [3.63, 3.8) is 0 Å². The van der Waals surface area contributed by atoms with Gasteiger partial charge in [0, 0.05) is 43.8 Å². The van der Waals surface area contributed by atoms with Gasteiger partial charge in [-0.2, -0.15) is 0 Å². The van der Waals surface area contributed by atoms with Crippen molar-refractivity contribution in [2.24, 2.45) is 0 Å². The molecule has 0 unspecified atom stereocenters. The van der Waals surface area contributed by atoms with E-state index < -0.39 is 9.84 Å². The quantitative estimate of drug-likeness (QED) is 0.807. The molecule has 0 fully saturated rings. The number of nitrogens with one attached hydrogen (secondary N) is 1. The molecule has 0 atom stereocenters. The minimum atomic E-state index is -3.53. The molecule has 22 heavy (non-hydrogen) atoms. The van der Waals surface area contributed by atoms with Gasteiger partial charge in [-0.3, -0.25) is 19.7 Å². The number of rotatable bonds is 3. The number of pyridine rings is 1. The summed E-state index contributed by atoms with van der Waals surface area (Å²) >= 11 is 0. The lowest BCUT2D eigenvalue weighted by Gasteiger charge is -2.27. The summed E-state index contributed by atoms with van der Waals surface area (Å²) in [5.74, 6) is 0. The maximum absolute atomic E-state index is 12.0. The second kappa shape index (κ2) is 5.62. The lowest BCUT2D eigenvalue weighted by molar-refractivity contribution is 0.239. The van der Waals surface area contributed by atoms with Crippen LogP contribution < -0.4 is 5.56 Å². The van der Waals surface area contributed by atoms with Gasteiger partial charge >= 0.3 is 0 Å². The summed E-state index contributed by atoms with van der Waals surface area (Å²) in [5, 5.41) is -0.262. The highest BCUT2D eigenvalue weighted by molar-refractivity contribution is 7.90. The maximum atomic E-state index is 12.0. The average molecular weight is 320 g/mol. The van der Waals surface area contributed by atoms with E-state index in [2.05, 4.69) is 19.9 Å². The molecule has 2 aromatic rings. The Balaban J connectivity index is 1.89. The van der Waals surface area contributed by atoms with Gasteiger partial charge in [-0.25, -0.2) is 13.4 Å². The summed E-state index contributed by atoms with van der Waals surface area (Å²) < 4.78 is 23.2. The number of hydrogen-bond acceptors (Lipinski definition) is 6. The van der Waals surface area contributed by atoms with Crippen LogP contribution in [0.1, 0.15) is 16.8 Å². The van der Waals surface area contributed by atoms with Gasteiger partial charge in [-0.05, 0) is 24.1 Å². The molecule has 0 saturated carbocycles. The Kier molecular flexibility index (Phi) is 3.79. The third-order valence-electron chi connectivity index (χ3n) is 3.64. The molecular weight excluding hydrogens is 304 g/mol. The molecule has 1 aliphatic heterocycles. The molecule has 3 rings (SSSR count). The minimum Gasteiger partial charge on any atom is -0.297 e. The molecule has 1 N–H and O–H groups in total. The normalized spacial score (nSPS) is 15.5. The van der Waals surface area contributed by atoms with Crippen molar-refractivity contribution in [1.29, 1.82) is 0 Å². The Morgan fingerprint density at radius 1 is 1.32 bits per heavy atom. The molecule has 0 radical (unpaired) electrons. The minimum absolute atomic E-state index is 0.262. The van der Waals surface area contributed by atoms with Crippen molar-refractivity contribution in [3.8, 4) is 0 Å². The molecule has 0 spiro atoms. The van der Waals surface area contributed by atoms with Crippen molar-refractivity contribution in [2.45, 2.75) is 24.7 Å². The molecule has 116 valence electrons. The first-order chi connectivity index (χ1) is 10.4. The second-order valence-electron chi connectivity index (χ2n) is 5.38. The SMILES string of the molecule is CS(=O)(=O)c1nc2c(c(=O)[nH]1)CCN(Cc1ccncc1)C2. The molecule has 0 aromatic carbocycles. The van der Waals surface area contributed by atoms with Gasteiger partial charge < -0.3 is 0 Å². The van der Waals surface area contributed by atoms with Crippen LogP contribution >= 0.6 is 0 Å². The van der Waals surface area contributed by atoms with E-state index in [1.165, 1.54) is 0 Å². The third kappa shape index (κ3) is 3.07. The van der Waals surface area contributed by atoms with Gasteiger partial charge in [-0.1, -0.05) is 0 Å². The first-order valence-electron chi connectivity index (χ1n) is 6.87. The zero-order valence-electron chi connectivity index (χ0n) is 12.1. The third-order valence-corrected chi connectivity index (χ3v) is 4.53. The van der Waals surface area contributed by atoms with Gasteiger partial charge in [0.25, 0.3) is 5.56 Å². The standard InChI is InChI=1S/C14H16N4O3S/c1-22(20,21)14-16-12-9-18(7-4-11(12)13(19)17-14)8-10-2-5-15-6-3-10/h2-3,5-6H,4,7-9H2,1H3,(H,16,17,19). The number of fused-ring (bicyclic) bond motifs is 1. The van der Waals surface area contributed by atoms with E-state index in [9.17, 15) is 13.2 Å². The number of hydrogen-bond donors (Lipinski definition) is 1. The lowest BCUT2D eigenvalue weighted by Crippen LogP contribution is -2.35. The number of H-pyrrole nitrogens is 1. The zero-order valence-corrected chi connectivity index (χ0v) is 12.9. The van der Waals surface area contributed by atoms with Crippen LogP contribution in [0.15, 0.2) is 34.5 Å². The first kappa shape index (κ1) is 14.9. The Morgan fingerprint density at radius 3 is 2.73 bits per heavy atom. The highest BCUT2D eigenvalue weighted by Crippen LogP contribution is 2.17. The highest BCUT2D eigenvalue weighted by atomic mass is 32.2. The van der Waals surface area contributed by atoms with Gasteiger partial charge in [0.1, 0.15) is 0 Å². The van der Waals surface area contributed by atoms with E-state index in [1.54, 1.807) is 12.4 Å². The Bertz CT molecular complexity index is 846. The predicted octanol–water partition coefficient (Wildman–Crippen LogP) is 0.127. The summed E-state index contributed by atoms with van der Waals surface area (Å²) in [7, 11) is -3.53. The van der Waals surface area contributed by atoms with E-state index in [0.717, 1.165) is 18.4 Å². The van der Waals surface area contributed by atoms with Crippen molar-refractivity contribution >= 4 is 9.84 Å². The van der Waals surface area contributed by atoms with Crippen LogP contribution in [0.4, 0.5) is 0 Å². The van der Waals surface area contributed by atoms with Crippen molar-refractivity contribution in [1.82, 2.24) is 19.9 Å². The van der Waals surface area contributed by atoms with E-state index in [1.807, 2.05) is 12.1 Å². The first-order valence-corrected chi connectivity index (χ1v) is 8.76. The summed E-state index contributed by atoms with van der Waals surface area (Å²) in [6.45, 7) is 1.91. The van der Waals surface area contributed by atoms with Crippen molar-refractivity contribution < 1.29 is 8.42 Å². The van der Waals surface area contributed by atoms with Crippen LogP contribution in [0.3, 0.4) is 0 Å². The zero-order chi connectivity index (χ0) is 15.7. The predicted molar refractivity (Wildman–Crippen MR) is 80.0 cm³/mol. The summed E-state index contributed by atoms with van der Waals surface area (Å²) in [4.78, 5) is 24.6. The topological polar surface area (TPSA) is 96.0 Å².